The average molecular weight is 997 g/mol. The predicted octanol–water partition coefficient (Wildman–Crippen LogP) is 18.9. The van der Waals surface area contributed by atoms with Gasteiger partial charge in [-0.15, -0.1) is 0 Å². The Hall–Kier alpha value is -7.88. The zero-order chi connectivity index (χ0) is 53.5. The second-order valence-electron chi connectivity index (χ2n) is 26.3. The molecule has 0 saturated heterocycles. The maximum absolute atomic E-state index is 2.68. The molecular weight excluding hydrogens is 928 g/mol. The molecule has 0 amide bonds. The van der Waals surface area contributed by atoms with Crippen LogP contribution in [0.2, 0.25) is 0 Å². The largest absolute Gasteiger partial charge is 0.311 e. The van der Waals surface area contributed by atoms with E-state index in [2.05, 4.69) is 293 Å². The Labute approximate surface area is 457 Å². The first-order valence-corrected chi connectivity index (χ1v) is 27.8. The summed E-state index contributed by atoms with van der Waals surface area (Å²) in [4.78, 5) is 5.35. The topological polar surface area (TPSA) is 6.48 Å². The van der Waals surface area contributed by atoms with Crippen LogP contribution in [0.3, 0.4) is 0 Å². The number of rotatable bonds is 4. The van der Waals surface area contributed by atoms with E-state index in [1.165, 1.54) is 138 Å². The van der Waals surface area contributed by atoms with Gasteiger partial charge in [0, 0.05) is 34.1 Å². The van der Waals surface area contributed by atoms with Gasteiger partial charge in [0.1, 0.15) is 0 Å². The molecule has 2 aliphatic heterocycles. The molecule has 11 aromatic carbocycles. The van der Waals surface area contributed by atoms with E-state index in [9.17, 15) is 0 Å². The highest BCUT2D eigenvalue weighted by Crippen LogP contribution is 2.51. The lowest BCUT2D eigenvalue weighted by atomic mass is 9.33. The number of benzene rings is 11. The summed E-state index contributed by atoms with van der Waals surface area (Å²) in [7, 11) is 0. The fourth-order valence-electron chi connectivity index (χ4n) is 12.5. The Morgan fingerprint density at radius 3 is 1.06 bits per heavy atom. The molecule has 0 atom stereocenters. The highest BCUT2D eigenvalue weighted by atomic mass is 15.2. The summed E-state index contributed by atoms with van der Waals surface area (Å²) < 4.78 is 0. The van der Waals surface area contributed by atoms with Crippen molar-refractivity contribution in [3.05, 3.63) is 222 Å². The van der Waals surface area contributed by atoms with Crippen LogP contribution in [-0.2, 0) is 21.7 Å². The van der Waals surface area contributed by atoms with Crippen LogP contribution in [-0.4, -0.2) is 6.71 Å². The summed E-state index contributed by atoms with van der Waals surface area (Å²) in [6, 6.07) is 77.4. The van der Waals surface area contributed by atoms with Crippen molar-refractivity contribution in [1.29, 1.82) is 0 Å². The molecule has 13 rings (SSSR count). The van der Waals surface area contributed by atoms with Crippen molar-refractivity contribution in [3.8, 4) is 22.3 Å². The summed E-state index contributed by atoms with van der Waals surface area (Å²) in [5.41, 5.74) is 20.9. The molecule has 77 heavy (non-hydrogen) atoms. The second-order valence-corrected chi connectivity index (χ2v) is 26.3. The minimum absolute atomic E-state index is 0.0940. The zero-order valence-electron chi connectivity index (χ0n) is 47.0. The molecule has 0 saturated carbocycles. The normalized spacial score (nSPS) is 13.6. The molecule has 0 spiro atoms. The van der Waals surface area contributed by atoms with Gasteiger partial charge in [0.15, 0.2) is 0 Å². The third kappa shape index (κ3) is 8.15. The second kappa shape index (κ2) is 17.3. The van der Waals surface area contributed by atoms with Crippen LogP contribution in [0.1, 0.15) is 105 Å². The molecule has 2 nitrogen and oxygen atoms in total. The van der Waals surface area contributed by atoms with Crippen LogP contribution in [0.4, 0.5) is 34.1 Å². The third-order valence-electron chi connectivity index (χ3n) is 16.9. The van der Waals surface area contributed by atoms with Crippen molar-refractivity contribution in [2.45, 2.75) is 105 Å². The van der Waals surface area contributed by atoms with Gasteiger partial charge in [0.2, 0.25) is 0 Å². The Morgan fingerprint density at radius 2 is 0.649 bits per heavy atom. The van der Waals surface area contributed by atoms with Crippen LogP contribution < -0.4 is 26.2 Å². The summed E-state index contributed by atoms with van der Waals surface area (Å²) >= 11 is 0. The van der Waals surface area contributed by atoms with Crippen LogP contribution >= 0.6 is 0 Å². The van der Waals surface area contributed by atoms with E-state index in [1.54, 1.807) is 0 Å². The molecule has 0 aliphatic carbocycles. The number of hydrogen-bond donors (Lipinski definition) is 0. The minimum atomic E-state index is -0.101. The van der Waals surface area contributed by atoms with E-state index in [1.807, 2.05) is 0 Å². The maximum atomic E-state index is 2.68. The van der Waals surface area contributed by atoms with Gasteiger partial charge < -0.3 is 9.80 Å². The van der Waals surface area contributed by atoms with Gasteiger partial charge in [-0.1, -0.05) is 235 Å². The van der Waals surface area contributed by atoms with E-state index in [0.29, 0.717) is 0 Å². The lowest BCUT2D eigenvalue weighted by molar-refractivity contribution is 0.568. The van der Waals surface area contributed by atoms with Crippen LogP contribution in [0.5, 0.6) is 0 Å². The molecule has 3 heteroatoms. The Morgan fingerprint density at radius 1 is 0.286 bits per heavy atom. The summed E-state index contributed by atoms with van der Waals surface area (Å²) in [5, 5.41) is 10.1. The molecule has 0 aromatic heterocycles. The standard InChI is InChI=1S/C74H69BN2/c1-71(2,3)52-38-53(72(4,5)6)41-56(40-52)76-66-44-62-49(32-30-47-24-16-18-27-59(47)62)34-64(66)75-65-35-50-33-31-48-25-17-19-28-60(48)63(50)45-67(65)77(57-42-54(73(7,8)9)39-55(43-57)74(10,11)12)69-37-51(36-68(76)70(69)75)61-29-21-20-26-58(61)46-22-14-13-15-23-46/h13-45H,1-12H3. The number of hydrogen-bond acceptors (Lipinski definition) is 2. The van der Waals surface area contributed by atoms with Gasteiger partial charge in [-0.25, -0.2) is 0 Å². The van der Waals surface area contributed by atoms with Crippen molar-refractivity contribution in [2.75, 3.05) is 9.80 Å². The highest BCUT2D eigenvalue weighted by molar-refractivity contribution is 7.00. The van der Waals surface area contributed by atoms with Crippen LogP contribution in [0.15, 0.2) is 200 Å². The summed E-state index contributed by atoms with van der Waals surface area (Å²) in [6.07, 6.45) is 0. The van der Waals surface area contributed by atoms with Gasteiger partial charge >= 0.3 is 0 Å². The molecule has 0 bridgehead atoms. The van der Waals surface area contributed by atoms with Crippen molar-refractivity contribution in [2.24, 2.45) is 0 Å². The molecule has 0 N–H and O–H groups in total. The smallest absolute Gasteiger partial charge is 0.252 e. The Kier molecular flexibility index (Phi) is 11.0. The Balaban J connectivity index is 1.24. The third-order valence-corrected chi connectivity index (χ3v) is 16.9. The quantitative estimate of drug-likeness (QED) is 0.128. The molecule has 0 unspecified atom stereocenters. The van der Waals surface area contributed by atoms with Crippen LogP contribution in [0, 0.1) is 0 Å². The minimum Gasteiger partial charge on any atom is -0.311 e. The number of nitrogens with zero attached hydrogens (tertiary/aromatic N) is 2. The first-order valence-electron chi connectivity index (χ1n) is 27.8. The summed E-state index contributed by atoms with van der Waals surface area (Å²) in [6.45, 7) is 28.3. The van der Waals surface area contributed by atoms with Crippen molar-refractivity contribution in [3.63, 3.8) is 0 Å². The molecule has 2 aliphatic rings. The molecule has 378 valence electrons. The lowest BCUT2D eigenvalue weighted by Gasteiger charge is -2.45. The van der Waals surface area contributed by atoms with Crippen molar-refractivity contribution in [1.82, 2.24) is 0 Å². The van der Waals surface area contributed by atoms with E-state index < -0.39 is 0 Å². The monoisotopic (exact) mass is 997 g/mol. The van der Waals surface area contributed by atoms with Gasteiger partial charge in [0.25, 0.3) is 6.71 Å². The van der Waals surface area contributed by atoms with Gasteiger partial charge in [0.05, 0.1) is 0 Å². The number of fused-ring (bicyclic) bond motifs is 10. The average Bonchev–Trinajstić information content (AvgIpc) is 3.58. The molecule has 0 radical (unpaired) electrons. The Bertz CT molecular complexity index is 3920. The van der Waals surface area contributed by atoms with Gasteiger partial charge in [-0.05, 0) is 174 Å². The number of anilines is 6. The van der Waals surface area contributed by atoms with E-state index >= 15 is 0 Å². The van der Waals surface area contributed by atoms with E-state index in [4.69, 9.17) is 0 Å². The molecular formula is C74H69BN2. The fraction of sp³-hybridized carbons (Fsp3) is 0.216. The summed E-state index contributed by atoms with van der Waals surface area (Å²) in [5.74, 6) is 0. The maximum Gasteiger partial charge on any atom is 0.252 e. The van der Waals surface area contributed by atoms with Gasteiger partial charge in [-0.2, -0.15) is 0 Å². The van der Waals surface area contributed by atoms with E-state index in [0.717, 1.165) is 0 Å². The molecule has 0 fully saturated rings. The first kappa shape index (κ1) is 48.7. The fourth-order valence-corrected chi connectivity index (χ4v) is 12.5. The highest BCUT2D eigenvalue weighted by Gasteiger charge is 2.45. The van der Waals surface area contributed by atoms with Gasteiger partial charge in [-0.3, -0.25) is 0 Å². The predicted molar refractivity (Wildman–Crippen MR) is 336 cm³/mol. The van der Waals surface area contributed by atoms with Crippen LogP contribution in [0.25, 0.3) is 65.3 Å². The SMILES string of the molecule is CC(C)(C)c1cc(N2c3cc4c(ccc5ccccc54)cc3B3c4cc5ccc6ccccc6c5cc4N(c4cc(C(C)(C)C)cc(C(C)(C)C)c4)c4cc(-c5ccccc5-c5ccccc5)cc2c43)cc(C(C)(C)C)c1. The van der Waals surface area contributed by atoms with Crippen molar-refractivity contribution < 1.29 is 0 Å². The lowest BCUT2D eigenvalue weighted by Crippen LogP contribution is -2.61. The zero-order valence-corrected chi connectivity index (χ0v) is 47.0. The van der Waals surface area contributed by atoms with E-state index in [-0.39, 0.29) is 28.4 Å². The molecule has 2 heterocycles. The molecule has 11 aromatic rings. The first-order chi connectivity index (χ1) is 36.7. The van der Waals surface area contributed by atoms with Crippen molar-refractivity contribution >= 4 is 100 Å².